The topological polar surface area (TPSA) is 102 Å². The first-order valence-corrected chi connectivity index (χ1v) is 7.52. The van der Waals surface area contributed by atoms with Crippen LogP contribution in [0.5, 0.6) is 0 Å². The highest BCUT2D eigenvalue weighted by atomic mass is 32.2. The van der Waals surface area contributed by atoms with E-state index in [1.165, 1.54) is 12.3 Å². The van der Waals surface area contributed by atoms with Crippen LogP contribution >= 0.6 is 0 Å². The predicted molar refractivity (Wildman–Crippen MR) is 70.9 cm³/mol. The normalized spacial score (nSPS) is 21.6. The van der Waals surface area contributed by atoms with Gasteiger partial charge in [0.25, 0.3) is 5.69 Å². The Morgan fingerprint density at radius 2 is 2.16 bits per heavy atom. The molecular formula is C11H13N3O4S. The molecule has 1 aromatic rings. The highest BCUT2D eigenvalue weighted by Crippen LogP contribution is 2.15. The molecule has 1 aliphatic rings. The molecular weight excluding hydrogens is 270 g/mol. The summed E-state index contributed by atoms with van der Waals surface area (Å²) >= 11 is 0. The maximum absolute atomic E-state index is 11.2. The van der Waals surface area contributed by atoms with Crippen LogP contribution in [-0.2, 0) is 9.84 Å². The van der Waals surface area contributed by atoms with Gasteiger partial charge in [-0.2, -0.15) is 5.10 Å². The minimum Gasteiger partial charge on any atom is -0.306 e. The lowest BCUT2D eigenvalue weighted by atomic mass is 10.2. The molecule has 7 nitrogen and oxygen atoms in total. The van der Waals surface area contributed by atoms with Crippen LogP contribution < -0.4 is 5.43 Å². The lowest BCUT2D eigenvalue weighted by Gasteiger charge is -2.05. The van der Waals surface area contributed by atoms with E-state index in [0.29, 0.717) is 12.0 Å². The number of nitrogens with one attached hydrogen (secondary N) is 1. The van der Waals surface area contributed by atoms with E-state index in [-0.39, 0.29) is 23.2 Å². The average molecular weight is 283 g/mol. The fourth-order valence-electron chi connectivity index (χ4n) is 1.87. The summed E-state index contributed by atoms with van der Waals surface area (Å²) in [7, 11) is -2.96. The third kappa shape index (κ3) is 3.50. The second-order valence-corrected chi connectivity index (χ2v) is 6.53. The highest BCUT2D eigenvalue weighted by molar-refractivity contribution is 7.91. The molecule has 0 spiro atoms. The number of hydrazone groups is 1. The summed E-state index contributed by atoms with van der Waals surface area (Å²) in [4.78, 5) is 10.3. The summed E-state index contributed by atoms with van der Waals surface area (Å²) in [5.74, 6) is 0.215. The minimum absolute atomic E-state index is 0.0351. The van der Waals surface area contributed by atoms with Gasteiger partial charge < -0.3 is 5.43 Å². The Hall–Kier alpha value is -1.96. The first kappa shape index (κ1) is 13.5. The van der Waals surface area contributed by atoms with Gasteiger partial charge in [0.15, 0.2) is 9.84 Å². The van der Waals surface area contributed by atoms with Crippen LogP contribution in [-0.4, -0.2) is 37.1 Å². The molecule has 0 aliphatic carbocycles. The lowest BCUT2D eigenvalue weighted by molar-refractivity contribution is -0.385. The van der Waals surface area contributed by atoms with Gasteiger partial charge in [-0.15, -0.1) is 0 Å². The molecule has 0 radical (unpaired) electrons. The van der Waals surface area contributed by atoms with Crippen molar-refractivity contribution in [2.24, 2.45) is 5.10 Å². The third-order valence-corrected chi connectivity index (χ3v) is 4.59. The highest BCUT2D eigenvalue weighted by Gasteiger charge is 2.27. The zero-order valence-electron chi connectivity index (χ0n) is 10.0. The second kappa shape index (κ2) is 5.35. The van der Waals surface area contributed by atoms with Gasteiger partial charge in [0.1, 0.15) is 0 Å². The Bertz CT molecular complexity index is 612. The Morgan fingerprint density at radius 1 is 1.42 bits per heavy atom. The van der Waals surface area contributed by atoms with Crippen LogP contribution in [0.4, 0.5) is 5.69 Å². The minimum atomic E-state index is -2.96. The molecule has 1 N–H and O–H groups in total. The molecule has 2 rings (SSSR count). The molecule has 1 atom stereocenters. The zero-order chi connectivity index (χ0) is 13.9. The molecule has 0 aromatic heterocycles. The van der Waals surface area contributed by atoms with Crippen molar-refractivity contribution in [3.05, 3.63) is 39.9 Å². The fraction of sp³-hybridized carbons (Fsp3) is 0.364. The van der Waals surface area contributed by atoms with E-state index >= 15 is 0 Å². The Morgan fingerprint density at radius 3 is 2.79 bits per heavy atom. The van der Waals surface area contributed by atoms with Gasteiger partial charge >= 0.3 is 0 Å². The van der Waals surface area contributed by atoms with Crippen molar-refractivity contribution in [3.63, 3.8) is 0 Å². The molecule has 1 unspecified atom stereocenters. The summed E-state index contributed by atoms with van der Waals surface area (Å²) in [6.07, 6.45) is 1.85. The van der Waals surface area contributed by atoms with E-state index in [4.69, 9.17) is 0 Å². The molecule has 1 fully saturated rings. The maximum atomic E-state index is 11.2. The number of nitro groups is 1. The third-order valence-electron chi connectivity index (χ3n) is 2.83. The van der Waals surface area contributed by atoms with E-state index in [9.17, 15) is 18.5 Å². The average Bonchev–Trinajstić information content (AvgIpc) is 2.69. The van der Waals surface area contributed by atoms with Crippen LogP contribution in [0.2, 0.25) is 0 Å². The van der Waals surface area contributed by atoms with Crippen molar-refractivity contribution in [1.29, 1.82) is 0 Å². The zero-order valence-corrected chi connectivity index (χ0v) is 10.8. The summed E-state index contributed by atoms with van der Waals surface area (Å²) in [6, 6.07) is 6.00. The largest absolute Gasteiger partial charge is 0.306 e. The van der Waals surface area contributed by atoms with E-state index in [0.717, 1.165) is 0 Å². The Kier molecular flexibility index (Phi) is 3.79. The van der Waals surface area contributed by atoms with E-state index in [2.05, 4.69) is 10.5 Å². The van der Waals surface area contributed by atoms with Crippen LogP contribution in [0.15, 0.2) is 29.4 Å². The van der Waals surface area contributed by atoms with E-state index < -0.39 is 14.8 Å². The van der Waals surface area contributed by atoms with Crippen molar-refractivity contribution in [3.8, 4) is 0 Å². The molecule has 1 heterocycles. The van der Waals surface area contributed by atoms with Crippen molar-refractivity contribution >= 4 is 21.7 Å². The number of rotatable bonds is 4. The number of nitro benzene ring substituents is 1. The number of nitrogens with zero attached hydrogens (tertiary/aromatic N) is 2. The van der Waals surface area contributed by atoms with Crippen molar-refractivity contribution in [2.75, 3.05) is 11.5 Å². The number of para-hydroxylation sites is 1. The van der Waals surface area contributed by atoms with Crippen LogP contribution in [0.3, 0.4) is 0 Å². The van der Waals surface area contributed by atoms with Gasteiger partial charge in [-0.05, 0) is 12.5 Å². The van der Waals surface area contributed by atoms with Crippen molar-refractivity contribution in [2.45, 2.75) is 12.5 Å². The van der Waals surface area contributed by atoms with Gasteiger partial charge in [-0.3, -0.25) is 10.1 Å². The van der Waals surface area contributed by atoms with Gasteiger partial charge in [0.05, 0.1) is 34.2 Å². The monoisotopic (exact) mass is 283 g/mol. The number of benzene rings is 1. The first-order valence-electron chi connectivity index (χ1n) is 5.70. The lowest BCUT2D eigenvalue weighted by Crippen LogP contribution is -2.25. The van der Waals surface area contributed by atoms with Gasteiger partial charge in [0.2, 0.25) is 0 Å². The van der Waals surface area contributed by atoms with E-state index in [1.54, 1.807) is 18.2 Å². The molecule has 8 heteroatoms. The predicted octanol–water partition coefficient (Wildman–Crippen LogP) is 0.705. The molecule has 0 bridgehead atoms. The van der Waals surface area contributed by atoms with E-state index in [1.807, 2.05) is 0 Å². The van der Waals surface area contributed by atoms with Crippen LogP contribution in [0.25, 0.3) is 0 Å². The van der Waals surface area contributed by atoms with Gasteiger partial charge in [-0.1, -0.05) is 12.1 Å². The Balaban J connectivity index is 2.02. The number of hydrogen-bond donors (Lipinski definition) is 1. The molecule has 0 saturated carbocycles. The molecule has 102 valence electrons. The van der Waals surface area contributed by atoms with Gasteiger partial charge in [0, 0.05) is 6.07 Å². The van der Waals surface area contributed by atoms with Crippen LogP contribution in [0, 0.1) is 10.1 Å². The summed E-state index contributed by atoms with van der Waals surface area (Å²) in [6.45, 7) is 0. The summed E-state index contributed by atoms with van der Waals surface area (Å²) < 4.78 is 22.5. The Labute approximate surface area is 110 Å². The standard InChI is InChI=1S/C11H13N3O4S/c15-14(16)11-4-2-1-3-9(11)7-12-13-10-5-6-19(17,18)8-10/h1-4,7,10,13H,5-6,8H2. The summed E-state index contributed by atoms with van der Waals surface area (Å²) in [5.41, 5.74) is 3.06. The smallest absolute Gasteiger partial charge is 0.278 e. The van der Waals surface area contributed by atoms with Crippen LogP contribution in [0.1, 0.15) is 12.0 Å². The molecule has 1 aromatic carbocycles. The fourth-order valence-corrected chi connectivity index (χ4v) is 3.54. The number of sulfone groups is 1. The molecule has 1 aliphatic heterocycles. The van der Waals surface area contributed by atoms with Crippen molar-refractivity contribution in [1.82, 2.24) is 5.43 Å². The van der Waals surface area contributed by atoms with Crippen molar-refractivity contribution < 1.29 is 13.3 Å². The molecule has 1 saturated heterocycles. The quantitative estimate of drug-likeness (QED) is 0.498. The molecule has 19 heavy (non-hydrogen) atoms. The first-order chi connectivity index (χ1) is 8.98. The molecule has 0 amide bonds. The SMILES string of the molecule is O=[N+]([O-])c1ccccc1C=NNC1CCS(=O)(=O)C1. The number of hydrogen-bond acceptors (Lipinski definition) is 6. The second-order valence-electron chi connectivity index (χ2n) is 4.30. The maximum Gasteiger partial charge on any atom is 0.278 e. The summed E-state index contributed by atoms with van der Waals surface area (Å²) in [5, 5.41) is 14.7. The van der Waals surface area contributed by atoms with Gasteiger partial charge in [-0.25, -0.2) is 8.42 Å².